The van der Waals surface area contributed by atoms with E-state index in [9.17, 15) is 0 Å². The summed E-state index contributed by atoms with van der Waals surface area (Å²) >= 11 is 0. The maximum atomic E-state index is 15.1. The van der Waals surface area contributed by atoms with Crippen molar-refractivity contribution in [3.05, 3.63) is 72.5 Å². The topological polar surface area (TPSA) is 105 Å². The summed E-state index contributed by atoms with van der Waals surface area (Å²) < 4.78 is 26.8. The predicted molar refractivity (Wildman–Crippen MR) is 143 cm³/mol. The molecule has 0 bridgehead atoms. The summed E-state index contributed by atoms with van der Waals surface area (Å²) in [7, 11) is 0. The Morgan fingerprint density at radius 2 is 2.11 bits per heavy atom. The normalized spacial score (nSPS) is 12.5. The molecule has 9 heteroatoms. The van der Waals surface area contributed by atoms with Crippen LogP contribution in [0.15, 0.2) is 66.1 Å². The first kappa shape index (κ1) is 26.5. The average Bonchev–Trinajstić information content (AvgIpc) is 2.87. The van der Waals surface area contributed by atoms with Crippen molar-refractivity contribution in [3.63, 3.8) is 0 Å². The van der Waals surface area contributed by atoms with E-state index in [1.54, 1.807) is 24.3 Å². The first-order chi connectivity index (χ1) is 17.4. The van der Waals surface area contributed by atoms with Crippen molar-refractivity contribution in [3.8, 4) is 11.5 Å². The molecule has 188 valence electrons. The van der Waals surface area contributed by atoms with Gasteiger partial charge in [0.15, 0.2) is 0 Å². The van der Waals surface area contributed by atoms with Gasteiger partial charge >= 0.3 is 0 Å². The predicted octanol–water partition coefficient (Wildman–Crippen LogP) is 5.57. The highest BCUT2D eigenvalue weighted by Gasteiger charge is 2.14. The van der Waals surface area contributed by atoms with E-state index in [0.29, 0.717) is 40.9 Å². The van der Waals surface area contributed by atoms with Gasteiger partial charge in [-0.1, -0.05) is 20.4 Å². The Kier molecular flexibility index (Phi) is 9.64. The molecule has 0 spiro atoms. The molecule has 0 radical (unpaired) electrons. The summed E-state index contributed by atoms with van der Waals surface area (Å²) in [4.78, 5) is 12.2. The summed E-state index contributed by atoms with van der Waals surface area (Å²) in [5.41, 5.74) is 2.01. The SMILES string of the molecule is C=C/C(=C\C=NC=N)Oc1ccc(Nc2ncnc3cc(OCC(C)CNCC)cc(F)c23)cc1C. The van der Waals surface area contributed by atoms with Gasteiger partial charge < -0.3 is 20.1 Å². The second kappa shape index (κ2) is 13.1. The van der Waals surface area contributed by atoms with Gasteiger partial charge in [0.25, 0.3) is 0 Å². The molecule has 3 N–H and O–H groups in total. The van der Waals surface area contributed by atoms with E-state index in [1.807, 2.05) is 19.1 Å². The molecule has 2 aromatic carbocycles. The van der Waals surface area contributed by atoms with Crippen molar-refractivity contribution >= 4 is 35.0 Å². The molecule has 0 fully saturated rings. The van der Waals surface area contributed by atoms with E-state index < -0.39 is 5.82 Å². The van der Waals surface area contributed by atoms with Gasteiger partial charge in [-0.05, 0) is 49.4 Å². The largest absolute Gasteiger partial charge is 0.493 e. The maximum Gasteiger partial charge on any atom is 0.144 e. The lowest BCUT2D eigenvalue weighted by molar-refractivity contribution is 0.256. The molecule has 0 aliphatic carbocycles. The van der Waals surface area contributed by atoms with Gasteiger partial charge in [-0.25, -0.2) is 19.4 Å². The fourth-order valence-electron chi connectivity index (χ4n) is 3.39. The third-order valence-corrected chi connectivity index (χ3v) is 5.21. The number of anilines is 2. The second-order valence-electron chi connectivity index (χ2n) is 8.15. The highest BCUT2D eigenvalue weighted by molar-refractivity contribution is 5.92. The maximum absolute atomic E-state index is 15.1. The van der Waals surface area contributed by atoms with Gasteiger partial charge in [-0.2, -0.15) is 0 Å². The molecular formula is C27H31FN6O2. The van der Waals surface area contributed by atoms with E-state index in [-0.39, 0.29) is 11.3 Å². The minimum Gasteiger partial charge on any atom is -0.493 e. The van der Waals surface area contributed by atoms with Crippen LogP contribution in [-0.4, -0.2) is 42.2 Å². The van der Waals surface area contributed by atoms with E-state index in [1.165, 1.54) is 18.6 Å². The molecule has 1 aromatic heterocycles. The van der Waals surface area contributed by atoms with Crippen LogP contribution in [0.4, 0.5) is 15.9 Å². The number of allylic oxidation sites excluding steroid dienone is 2. The van der Waals surface area contributed by atoms with Crippen molar-refractivity contribution < 1.29 is 13.9 Å². The molecule has 0 aliphatic heterocycles. The monoisotopic (exact) mass is 490 g/mol. The zero-order chi connectivity index (χ0) is 25.9. The molecule has 3 rings (SSSR count). The van der Waals surface area contributed by atoms with E-state index in [0.717, 1.165) is 25.0 Å². The highest BCUT2D eigenvalue weighted by Crippen LogP contribution is 2.31. The summed E-state index contributed by atoms with van der Waals surface area (Å²) in [6.45, 7) is 11.9. The zero-order valence-electron chi connectivity index (χ0n) is 20.7. The summed E-state index contributed by atoms with van der Waals surface area (Å²) in [6, 6.07) is 8.56. The fourth-order valence-corrected chi connectivity index (χ4v) is 3.39. The van der Waals surface area contributed by atoms with Crippen molar-refractivity contribution in [2.75, 3.05) is 25.0 Å². The average molecular weight is 491 g/mol. The number of nitrogens with one attached hydrogen (secondary N) is 3. The number of halogens is 1. The van der Waals surface area contributed by atoms with Crippen molar-refractivity contribution in [2.24, 2.45) is 10.9 Å². The molecule has 3 aromatic rings. The van der Waals surface area contributed by atoms with Crippen LogP contribution in [0.2, 0.25) is 0 Å². The van der Waals surface area contributed by atoms with E-state index in [4.69, 9.17) is 14.9 Å². The number of nitrogens with zero attached hydrogens (tertiary/aromatic N) is 3. The Hall–Kier alpha value is -4.11. The van der Waals surface area contributed by atoms with Gasteiger partial charge in [-0.3, -0.25) is 5.41 Å². The van der Waals surface area contributed by atoms with Gasteiger partial charge in [0.2, 0.25) is 0 Å². The number of hydrogen-bond donors (Lipinski definition) is 3. The van der Waals surface area contributed by atoms with Crippen LogP contribution in [0.1, 0.15) is 19.4 Å². The quantitative estimate of drug-likeness (QED) is 0.125. The third-order valence-electron chi connectivity index (χ3n) is 5.21. The van der Waals surface area contributed by atoms with Crippen molar-refractivity contribution in [1.29, 1.82) is 5.41 Å². The number of hydrogen-bond acceptors (Lipinski definition) is 7. The van der Waals surface area contributed by atoms with Crippen molar-refractivity contribution in [1.82, 2.24) is 15.3 Å². The molecule has 8 nitrogen and oxygen atoms in total. The van der Waals surface area contributed by atoms with Gasteiger partial charge in [-0.15, -0.1) is 0 Å². The molecule has 0 saturated heterocycles. The Morgan fingerprint density at radius 3 is 2.83 bits per heavy atom. The first-order valence-electron chi connectivity index (χ1n) is 11.6. The zero-order valence-corrected chi connectivity index (χ0v) is 20.7. The standard InChI is InChI=1S/C27H31FN6O2/c1-5-21(9-10-31-16-29)36-25-8-7-20(11-19(25)4)34-27-26-23(28)12-22(13-24(26)32-17-33-27)35-15-18(3)14-30-6-2/h5,7-13,16-18,29-30H,1,6,14-15H2,2-4H3,(H,32,33,34)/b21-9+,29-16?,31-10?. The fraction of sp³-hybridized carbons (Fsp3) is 0.259. The summed E-state index contributed by atoms with van der Waals surface area (Å²) in [5.74, 6) is 1.72. The lowest BCUT2D eigenvalue weighted by Crippen LogP contribution is -2.24. The van der Waals surface area contributed by atoms with Crippen LogP contribution in [0.3, 0.4) is 0 Å². The highest BCUT2D eigenvalue weighted by atomic mass is 19.1. The number of ether oxygens (including phenoxy) is 2. The van der Waals surface area contributed by atoms with E-state index >= 15 is 4.39 Å². The van der Waals surface area contributed by atoms with Crippen LogP contribution in [-0.2, 0) is 0 Å². The lowest BCUT2D eigenvalue weighted by Gasteiger charge is -2.15. The number of fused-ring (bicyclic) bond motifs is 1. The molecule has 0 aliphatic rings. The van der Waals surface area contributed by atoms with Crippen LogP contribution < -0.4 is 20.1 Å². The number of aromatic nitrogens is 2. The molecule has 36 heavy (non-hydrogen) atoms. The smallest absolute Gasteiger partial charge is 0.144 e. The Bertz CT molecular complexity index is 1270. The number of aliphatic imine (C=N–C) groups is 1. The Morgan fingerprint density at radius 1 is 1.28 bits per heavy atom. The number of rotatable bonds is 13. The molecular weight excluding hydrogens is 459 g/mol. The van der Waals surface area contributed by atoms with Crippen LogP contribution >= 0.6 is 0 Å². The summed E-state index contributed by atoms with van der Waals surface area (Å²) in [6.07, 6.45) is 6.94. The lowest BCUT2D eigenvalue weighted by atomic mass is 10.1. The van der Waals surface area contributed by atoms with Gasteiger partial charge in [0.1, 0.15) is 41.6 Å². The third kappa shape index (κ3) is 7.19. The van der Waals surface area contributed by atoms with Gasteiger partial charge in [0.05, 0.1) is 17.5 Å². The Balaban J connectivity index is 1.78. The molecule has 1 atom stereocenters. The van der Waals surface area contributed by atoms with Crippen LogP contribution in [0.25, 0.3) is 10.9 Å². The van der Waals surface area contributed by atoms with Crippen LogP contribution in [0.5, 0.6) is 11.5 Å². The number of aryl methyl sites for hydroxylation is 1. The minimum absolute atomic E-state index is 0.283. The van der Waals surface area contributed by atoms with Crippen LogP contribution in [0, 0.1) is 24.1 Å². The molecule has 0 amide bonds. The molecule has 0 saturated carbocycles. The molecule has 1 unspecified atom stereocenters. The van der Waals surface area contributed by atoms with E-state index in [2.05, 4.69) is 46.0 Å². The number of benzene rings is 2. The Labute approximate surface area is 210 Å². The van der Waals surface area contributed by atoms with Gasteiger partial charge in [0, 0.05) is 36.5 Å². The first-order valence-corrected chi connectivity index (χ1v) is 11.6. The second-order valence-corrected chi connectivity index (χ2v) is 8.15. The summed E-state index contributed by atoms with van der Waals surface area (Å²) in [5, 5.41) is 13.7. The molecule has 1 heterocycles. The minimum atomic E-state index is -0.464. The van der Waals surface area contributed by atoms with Crippen molar-refractivity contribution in [2.45, 2.75) is 20.8 Å².